The lowest BCUT2D eigenvalue weighted by molar-refractivity contribution is -0.123. The molecule has 8 heteroatoms. The third kappa shape index (κ3) is 5.17. The van der Waals surface area contributed by atoms with Gasteiger partial charge in [0.15, 0.2) is 0 Å². The summed E-state index contributed by atoms with van der Waals surface area (Å²) in [4.78, 5) is 17.8. The Morgan fingerprint density at radius 2 is 1.96 bits per heavy atom. The second-order valence-corrected chi connectivity index (χ2v) is 8.28. The summed E-state index contributed by atoms with van der Waals surface area (Å²) in [6.45, 7) is 6.24. The Morgan fingerprint density at radius 3 is 2.54 bits per heavy atom. The van der Waals surface area contributed by atoms with Crippen molar-refractivity contribution in [2.24, 2.45) is 5.92 Å². The maximum atomic E-state index is 12.4. The topological polar surface area (TPSA) is 82.6 Å². The molecule has 1 aliphatic heterocycles. The molecule has 134 valence electrons. The van der Waals surface area contributed by atoms with Crippen molar-refractivity contribution in [1.82, 2.24) is 14.6 Å². The van der Waals surface area contributed by atoms with Gasteiger partial charge in [-0.15, -0.1) is 0 Å². The van der Waals surface area contributed by atoms with Crippen LogP contribution in [0.4, 0.5) is 5.82 Å². The number of amides is 1. The number of nitrogens with one attached hydrogen (secondary N) is 1. The number of rotatable bonds is 7. The molecule has 1 amide bonds. The third-order valence-electron chi connectivity index (χ3n) is 4.01. The molecule has 1 aromatic heterocycles. The molecule has 24 heavy (non-hydrogen) atoms. The van der Waals surface area contributed by atoms with Crippen molar-refractivity contribution in [3.63, 3.8) is 0 Å². The fraction of sp³-hybridized carbons (Fsp3) is 0.625. The Kier molecular flexibility index (Phi) is 6.56. The van der Waals surface area contributed by atoms with E-state index in [-0.39, 0.29) is 17.6 Å². The van der Waals surface area contributed by atoms with Gasteiger partial charge in [0.1, 0.15) is 5.82 Å². The monoisotopic (exact) mass is 354 g/mol. The van der Waals surface area contributed by atoms with Crippen LogP contribution in [0, 0.1) is 5.92 Å². The van der Waals surface area contributed by atoms with E-state index in [1.165, 1.54) is 4.31 Å². The minimum absolute atomic E-state index is 0.0450. The Morgan fingerprint density at radius 1 is 1.25 bits per heavy atom. The summed E-state index contributed by atoms with van der Waals surface area (Å²) in [6, 6.07) is 5.72. The molecule has 1 saturated heterocycles. The number of hydrogen-bond donors (Lipinski definition) is 1. The van der Waals surface area contributed by atoms with E-state index in [1.807, 2.05) is 32.0 Å². The molecule has 1 aliphatic rings. The predicted octanol–water partition coefficient (Wildman–Crippen LogP) is 0.696. The van der Waals surface area contributed by atoms with Crippen LogP contribution in [0.1, 0.15) is 20.3 Å². The predicted molar refractivity (Wildman–Crippen MR) is 94.3 cm³/mol. The standard InChI is InChI=1S/C16H26N4O3S/c1-14(2)16(21)18-8-5-13-24(22,23)20-11-9-19(10-12-20)15-6-3-4-7-17-15/h3-4,6-7,14H,5,8-13H2,1-2H3,(H,18,21). The molecule has 0 saturated carbocycles. The smallest absolute Gasteiger partial charge is 0.222 e. The van der Waals surface area contributed by atoms with Gasteiger partial charge >= 0.3 is 0 Å². The van der Waals surface area contributed by atoms with Crippen molar-refractivity contribution in [3.05, 3.63) is 24.4 Å². The summed E-state index contributed by atoms with van der Waals surface area (Å²) in [5, 5.41) is 2.75. The summed E-state index contributed by atoms with van der Waals surface area (Å²) in [5.74, 6) is 0.818. The van der Waals surface area contributed by atoms with E-state index < -0.39 is 10.0 Å². The van der Waals surface area contributed by atoms with Crippen LogP contribution in [0.2, 0.25) is 0 Å². The van der Waals surface area contributed by atoms with Crippen LogP contribution in [0.25, 0.3) is 0 Å². The first-order valence-corrected chi connectivity index (χ1v) is 9.92. The van der Waals surface area contributed by atoms with E-state index >= 15 is 0 Å². The summed E-state index contributed by atoms with van der Waals surface area (Å²) < 4.78 is 26.3. The number of hydrogen-bond acceptors (Lipinski definition) is 5. The van der Waals surface area contributed by atoms with E-state index in [2.05, 4.69) is 15.2 Å². The second-order valence-electron chi connectivity index (χ2n) is 6.19. The highest BCUT2D eigenvalue weighted by molar-refractivity contribution is 7.89. The molecule has 0 radical (unpaired) electrons. The van der Waals surface area contributed by atoms with Crippen molar-refractivity contribution in [2.45, 2.75) is 20.3 Å². The quantitative estimate of drug-likeness (QED) is 0.729. The van der Waals surface area contributed by atoms with Gasteiger partial charge in [-0.3, -0.25) is 4.79 Å². The largest absolute Gasteiger partial charge is 0.356 e. The molecule has 0 unspecified atom stereocenters. The number of sulfonamides is 1. The molecule has 0 atom stereocenters. The Hall–Kier alpha value is -1.67. The van der Waals surface area contributed by atoms with Gasteiger partial charge in [-0.05, 0) is 18.6 Å². The molecule has 0 aliphatic carbocycles. The van der Waals surface area contributed by atoms with Gasteiger partial charge in [0, 0.05) is 44.8 Å². The molecule has 0 aromatic carbocycles. The van der Waals surface area contributed by atoms with E-state index in [1.54, 1.807) is 6.20 Å². The molecule has 1 N–H and O–H groups in total. The molecule has 0 bridgehead atoms. The van der Waals surface area contributed by atoms with Gasteiger partial charge in [-0.25, -0.2) is 13.4 Å². The molecule has 1 aromatic rings. The van der Waals surface area contributed by atoms with Crippen molar-refractivity contribution in [2.75, 3.05) is 43.4 Å². The lowest BCUT2D eigenvalue weighted by Crippen LogP contribution is -2.49. The highest BCUT2D eigenvalue weighted by atomic mass is 32.2. The summed E-state index contributed by atoms with van der Waals surface area (Å²) in [7, 11) is -3.27. The van der Waals surface area contributed by atoms with Crippen LogP contribution in [-0.4, -0.2) is 62.1 Å². The number of pyridine rings is 1. The van der Waals surface area contributed by atoms with Crippen molar-refractivity contribution >= 4 is 21.7 Å². The Balaban J connectivity index is 1.77. The van der Waals surface area contributed by atoms with Gasteiger partial charge < -0.3 is 10.2 Å². The lowest BCUT2D eigenvalue weighted by Gasteiger charge is -2.34. The van der Waals surface area contributed by atoms with Gasteiger partial charge in [-0.2, -0.15) is 4.31 Å². The average Bonchev–Trinajstić information content (AvgIpc) is 2.59. The maximum Gasteiger partial charge on any atom is 0.222 e. The highest BCUT2D eigenvalue weighted by Gasteiger charge is 2.26. The van der Waals surface area contributed by atoms with Crippen LogP contribution in [0.5, 0.6) is 0 Å². The molecule has 2 rings (SSSR count). The van der Waals surface area contributed by atoms with Crippen molar-refractivity contribution < 1.29 is 13.2 Å². The first-order chi connectivity index (χ1) is 11.4. The summed E-state index contributed by atoms with van der Waals surface area (Å²) in [6.07, 6.45) is 2.17. The average molecular weight is 354 g/mol. The fourth-order valence-corrected chi connectivity index (χ4v) is 4.02. The van der Waals surface area contributed by atoms with Gasteiger partial charge in [0.25, 0.3) is 0 Å². The first-order valence-electron chi connectivity index (χ1n) is 8.31. The number of aromatic nitrogens is 1. The first kappa shape index (κ1) is 18.7. The van der Waals surface area contributed by atoms with Crippen molar-refractivity contribution in [3.8, 4) is 0 Å². The second kappa shape index (κ2) is 8.43. The van der Waals surface area contributed by atoms with Crippen LogP contribution in [-0.2, 0) is 14.8 Å². The number of nitrogens with zero attached hydrogens (tertiary/aromatic N) is 3. The zero-order valence-corrected chi connectivity index (χ0v) is 15.1. The molecule has 1 fully saturated rings. The van der Waals surface area contributed by atoms with E-state index in [0.29, 0.717) is 39.1 Å². The van der Waals surface area contributed by atoms with E-state index in [0.717, 1.165) is 5.82 Å². The third-order valence-corrected chi connectivity index (χ3v) is 5.96. The van der Waals surface area contributed by atoms with Gasteiger partial charge in [-0.1, -0.05) is 19.9 Å². The van der Waals surface area contributed by atoms with Crippen molar-refractivity contribution in [1.29, 1.82) is 0 Å². The zero-order valence-electron chi connectivity index (χ0n) is 14.3. The number of carbonyl (C=O) groups is 1. The molecular formula is C16H26N4O3S. The molecular weight excluding hydrogens is 328 g/mol. The highest BCUT2D eigenvalue weighted by Crippen LogP contribution is 2.15. The zero-order chi connectivity index (χ0) is 17.6. The Labute approximate surface area is 144 Å². The normalized spacial score (nSPS) is 16.4. The summed E-state index contributed by atoms with van der Waals surface area (Å²) in [5.41, 5.74) is 0. The minimum Gasteiger partial charge on any atom is -0.356 e. The molecule has 7 nitrogen and oxygen atoms in total. The van der Waals surface area contributed by atoms with Gasteiger partial charge in [0.2, 0.25) is 15.9 Å². The van der Waals surface area contributed by atoms with Gasteiger partial charge in [0.05, 0.1) is 5.75 Å². The number of anilines is 1. The Bertz CT molecular complexity index is 626. The van der Waals surface area contributed by atoms with E-state index in [4.69, 9.17) is 0 Å². The van der Waals surface area contributed by atoms with Crippen LogP contribution in [0.15, 0.2) is 24.4 Å². The SMILES string of the molecule is CC(C)C(=O)NCCCS(=O)(=O)N1CCN(c2ccccn2)CC1. The maximum absolute atomic E-state index is 12.4. The molecule has 2 heterocycles. The van der Waals surface area contributed by atoms with Crippen LogP contribution < -0.4 is 10.2 Å². The minimum atomic E-state index is -3.27. The number of carbonyl (C=O) groups excluding carboxylic acids is 1. The summed E-state index contributed by atoms with van der Waals surface area (Å²) >= 11 is 0. The fourth-order valence-electron chi connectivity index (χ4n) is 2.54. The molecule has 0 spiro atoms. The van der Waals surface area contributed by atoms with E-state index in [9.17, 15) is 13.2 Å². The number of piperazine rings is 1. The van der Waals surface area contributed by atoms with Crippen LogP contribution >= 0.6 is 0 Å². The van der Waals surface area contributed by atoms with Crippen LogP contribution in [0.3, 0.4) is 0 Å². The lowest BCUT2D eigenvalue weighted by atomic mass is 10.2.